The molecule has 0 aliphatic rings. The van der Waals surface area contributed by atoms with E-state index < -0.39 is 0 Å². The fraction of sp³-hybridized carbons (Fsp3) is 0.538. The third-order valence-electron chi connectivity index (χ3n) is 3.43. The number of nitrogens with two attached hydrogens (primary N) is 1. The second-order valence-electron chi connectivity index (χ2n) is 4.42. The highest BCUT2D eigenvalue weighted by Gasteiger charge is 2.22. The van der Waals surface area contributed by atoms with Gasteiger partial charge in [-0.1, -0.05) is 32.0 Å². The molecule has 0 aliphatic heterocycles. The standard InChI is InChI=1S/C13H21N/c1-5-13(4,9-14)12-7-6-10(2)11(3)8-12/h6-8H,5,9,14H2,1-4H3. The number of aryl methyl sites for hydroxylation is 2. The Kier molecular flexibility index (Phi) is 3.33. The van der Waals surface area contributed by atoms with Crippen molar-refractivity contribution in [2.75, 3.05) is 6.54 Å². The first-order valence-corrected chi connectivity index (χ1v) is 5.31. The zero-order valence-corrected chi connectivity index (χ0v) is 9.72. The van der Waals surface area contributed by atoms with Gasteiger partial charge in [-0.15, -0.1) is 0 Å². The van der Waals surface area contributed by atoms with Gasteiger partial charge in [0.2, 0.25) is 0 Å². The van der Waals surface area contributed by atoms with Crippen molar-refractivity contribution in [2.24, 2.45) is 5.73 Å². The van der Waals surface area contributed by atoms with E-state index in [0.29, 0.717) is 6.54 Å². The second-order valence-corrected chi connectivity index (χ2v) is 4.42. The molecule has 0 radical (unpaired) electrons. The van der Waals surface area contributed by atoms with Gasteiger partial charge in [0.25, 0.3) is 0 Å². The summed E-state index contributed by atoms with van der Waals surface area (Å²) in [6.07, 6.45) is 1.09. The molecule has 0 aliphatic carbocycles. The zero-order chi connectivity index (χ0) is 10.8. The van der Waals surface area contributed by atoms with Crippen LogP contribution in [0.5, 0.6) is 0 Å². The Morgan fingerprint density at radius 2 is 1.86 bits per heavy atom. The summed E-state index contributed by atoms with van der Waals surface area (Å²) >= 11 is 0. The lowest BCUT2D eigenvalue weighted by Crippen LogP contribution is -2.31. The fourth-order valence-corrected chi connectivity index (χ4v) is 1.58. The van der Waals surface area contributed by atoms with Crippen LogP contribution >= 0.6 is 0 Å². The van der Waals surface area contributed by atoms with Gasteiger partial charge in [-0.05, 0) is 37.0 Å². The Morgan fingerprint density at radius 1 is 1.21 bits per heavy atom. The molecular weight excluding hydrogens is 170 g/mol. The van der Waals surface area contributed by atoms with Gasteiger partial charge in [-0.2, -0.15) is 0 Å². The highest BCUT2D eigenvalue weighted by molar-refractivity contribution is 5.34. The average molecular weight is 191 g/mol. The lowest BCUT2D eigenvalue weighted by molar-refractivity contribution is 0.467. The highest BCUT2D eigenvalue weighted by atomic mass is 14.6. The molecule has 1 aromatic rings. The highest BCUT2D eigenvalue weighted by Crippen LogP contribution is 2.27. The van der Waals surface area contributed by atoms with Gasteiger partial charge < -0.3 is 5.73 Å². The van der Waals surface area contributed by atoms with Crippen LogP contribution in [0.2, 0.25) is 0 Å². The van der Waals surface area contributed by atoms with Crippen LogP contribution in [0.25, 0.3) is 0 Å². The number of hydrogen-bond acceptors (Lipinski definition) is 1. The largest absolute Gasteiger partial charge is 0.330 e. The minimum absolute atomic E-state index is 0.137. The maximum absolute atomic E-state index is 5.84. The molecule has 1 heteroatoms. The Balaban J connectivity index is 3.12. The molecule has 1 rings (SSSR count). The summed E-state index contributed by atoms with van der Waals surface area (Å²) < 4.78 is 0. The van der Waals surface area contributed by atoms with Crippen LogP contribution in [0.1, 0.15) is 37.0 Å². The molecule has 0 aromatic heterocycles. The monoisotopic (exact) mass is 191 g/mol. The summed E-state index contributed by atoms with van der Waals surface area (Å²) in [5.74, 6) is 0. The molecule has 0 amide bonds. The van der Waals surface area contributed by atoms with E-state index in [0.717, 1.165) is 6.42 Å². The Hall–Kier alpha value is -0.820. The van der Waals surface area contributed by atoms with Gasteiger partial charge in [0, 0.05) is 12.0 Å². The first-order chi connectivity index (χ1) is 6.53. The molecule has 2 N–H and O–H groups in total. The van der Waals surface area contributed by atoms with Crippen LogP contribution < -0.4 is 5.73 Å². The number of rotatable bonds is 3. The topological polar surface area (TPSA) is 26.0 Å². The van der Waals surface area contributed by atoms with E-state index in [1.54, 1.807) is 0 Å². The normalized spacial score (nSPS) is 15.2. The van der Waals surface area contributed by atoms with Crippen molar-refractivity contribution in [1.29, 1.82) is 0 Å². The van der Waals surface area contributed by atoms with Gasteiger partial charge in [-0.3, -0.25) is 0 Å². The smallest absolute Gasteiger partial charge is 0.00448 e. The first kappa shape index (κ1) is 11.3. The Bertz CT molecular complexity index is 311. The van der Waals surface area contributed by atoms with Crippen molar-refractivity contribution in [1.82, 2.24) is 0 Å². The maximum Gasteiger partial charge on any atom is 0.00448 e. The van der Waals surface area contributed by atoms with E-state index in [1.807, 2.05) is 0 Å². The third-order valence-corrected chi connectivity index (χ3v) is 3.43. The van der Waals surface area contributed by atoms with Crippen LogP contribution in [0, 0.1) is 13.8 Å². The first-order valence-electron chi connectivity index (χ1n) is 5.31. The van der Waals surface area contributed by atoms with Crippen LogP contribution in [-0.2, 0) is 5.41 Å². The summed E-state index contributed by atoms with van der Waals surface area (Å²) in [5.41, 5.74) is 10.0. The van der Waals surface area contributed by atoms with Crippen molar-refractivity contribution in [3.05, 3.63) is 34.9 Å². The molecule has 0 heterocycles. The molecule has 14 heavy (non-hydrogen) atoms. The van der Waals surface area contributed by atoms with E-state index in [1.165, 1.54) is 16.7 Å². The predicted molar refractivity (Wildman–Crippen MR) is 62.6 cm³/mol. The summed E-state index contributed by atoms with van der Waals surface area (Å²) in [4.78, 5) is 0. The predicted octanol–water partition coefficient (Wildman–Crippen LogP) is 2.93. The molecular formula is C13H21N. The van der Waals surface area contributed by atoms with Gasteiger partial charge in [0.05, 0.1) is 0 Å². The van der Waals surface area contributed by atoms with Crippen LogP contribution in [0.3, 0.4) is 0 Å². The number of hydrogen-bond donors (Lipinski definition) is 1. The molecule has 0 saturated carbocycles. The maximum atomic E-state index is 5.84. The SMILES string of the molecule is CCC(C)(CN)c1ccc(C)c(C)c1. The molecule has 1 atom stereocenters. The van der Waals surface area contributed by atoms with E-state index in [2.05, 4.69) is 45.9 Å². The average Bonchev–Trinajstić information content (AvgIpc) is 2.21. The molecule has 1 nitrogen and oxygen atoms in total. The second kappa shape index (κ2) is 4.14. The van der Waals surface area contributed by atoms with Gasteiger partial charge in [-0.25, -0.2) is 0 Å². The van der Waals surface area contributed by atoms with Crippen molar-refractivity contribution in [2.45, 2.75) is 39.5 Å². The lowest BCUT2D eigenvalue weighted by atomic mass is 9.79. The summed E-state index contributed by atoms with van der Waals surface area (Å²) in [7, 11) is 0. The third kappa shape index (κ3) is 1.98. The summed E-state index contributed by atoms with van der Waals surface area (Å²) in [6.45, 7) is 9.45. The van der Waals surface area contributed by atoms with Crippen molar-refractivity contribution >= 4 is 0 Å². The Labute approximate surface area is 87.3 Å². The molecule has 1 aromatic carbocycles. The molecule has 0 spiro atoms. The van der Waals surface area contributed by atoms with Crippen molar-refractivity contribution < 1.29 is 0 Å². The van der Waals surface area contributed by atoms with E-state index >= 15 is 0 Å². The minimum atomic E-state index is 0.137. The van der Waals surface area contributed by atoms with Crippen LogP contribution in [-0.4, -0.2) is 6.54 Å². The Morgan fingerprint density at radius 3 is 2.29 bits per heavy atom. The summed E-state index contributed by atoms with van der Waals surface area (Å²) in [6, 6.07) is 6.67. The van der Waals surface area contributed by atoms with Crippen LogP contribution in [0.15, 0.2) is 18.2 Å². The lowest BCUT2D eigenvalue weighted by Gasteiger charge is -2.27. The number of benzene rings is 1. The molecule has 0 bridgehead atoms. The fourth-order valence-electron chi connectivity index (χ4n) is 1.58. The summed E-state index contributed by atoms with van der Waals surface area (Å²) in [5, 5.41) is 0. The van der Waals surface area contributed by atoms with E-state index in [9.17, 15) is 0 Å². The zero-order valence-electron chi connectivity index (χ0n) is 9.72. The molecule has 1 unspecified atom stereocenters. The van der Waals surface area contributed by atoms with Gasteiger partial charge in [0.15, 0.2) is 0 Å². The van der Waals surface area contributed by atoms with Gasteiger partial charge in [0.1, 0.15) is 0 Å². The van der Waals surface area contributed by atoms with E-state index in [4.69, 9.17) is 5.73 Å². The minimum Gasteiger partial charge on any atom is -0.330 e. The molecule has 78 valence electrons. The quantitative estimate of drug-likeness (QED) is 0.781. The molecule has 0 saturated heterocycles. The van der Waals surface area contributed by atoms with E-state index in [-0.39, 0.29) is 5.41 Å². The molecule has 0 fully saturated rings. The van der Waals surface area contributed by atoms with Crippen molar-refractivity contribution in [3.8, 4) is 0 Å². The van der Waals surface area contributed by atoms with Gasteiger partial charge >= 0.3 is 0 Å². The van der Waals surface area contributed by atoms with Crippen molar-refractivity contribution in [3.63, 3.8) is 0 Å². The van der Waals surface area contributed by atoms with Crippen LogP contribution in [0.4, 0.5) is 0 Å².